The van der Waals surface area contributed by atoms with Crippen LogP contribution in [0.25, 0.3) is 32.7 Å². The van der Waals surface area contributed by atoms with Crippen molar-refractivity contribution >= 4 is 28.3 Å². The first-order chi connectivity index (χ1) is 15.7. The standard InChI is InChI=1S/C25H22N4O2S/c26-14-18(12-16-4-2-1-3-5-16)28-25(30)23-7-6-22(32-23)19-8-10-27-24-20(19)13-21(29-24)17-9-11-31-15-17/h1-11,13,15,18H,12,14,26H2,(H,27,29)(H,28,30). The molecule has 0 aliphatic heterocycles. The zero-order valence-corrected chi connectivity index (χ0v) is 18.1. The monoisotopic (exact) mass is 442 g/mol. The molecule has 0 fully saturated rings. The molecule has 0 spiro atoms. The highest BCUT2D eigenvalue weighted by Crippen LogP contribution is 2.35. The number of carbonyl (C=O) groups excluding carboxylic acids is 1. The lowest BCUT2D eigenvalue weighted by Crippen LogP contribution is -2.41. The summed E-state index contributed by atoms with van der Waals surface area (Å²) in [6, 6.07) is 19.7. The minimum absolute atomic E-state index is 0.105. The van der Waals surface area contributed by atoms with Crippen molar-refractivity contribution in [2.45, 2.75) is 12.5 Å². The van der Waals surface area contributed by atoms with E-state index >= 15 is 0 Å². The molecule has 160 valence electrons. The second kappa shape index (κ2) is 8.82. The number of nitrogens with one attached hydrogen (secondary N) is 2. The number of carbonyl (C=O) groups is 1. The molecule has 0 bridgehead atoms. The molecule has 1 atom stereocenters. The Morgan fingerprint density at radius 1 is 1.16 bits per heavy atom. The predicted octanol–water partition coefficient (Wildman–Crippen LogP) is 4.85. The van der Waals surface area contributed by atoms with Crippen molar-refractivity contribution in [3.8, 4) is 21.7 Å². The molecule has 32 heavy (non-hydrogen) atoms. The van der Waals surface area contributed by atoms with Crippen LogP contribution in [0.5, 0.6) is 0 Å². The van der Waals surface area contributed by atoms with E-state index in [2.05, 4.69) is 21.4 Å². The van der Waals surface area contributed by atoms with Crippen LogP contribution in [0, 0.1) is 0 Å². The van der Waals surface area contributed by atoms with E-state index in [0.29, 0.717) is 17.8 Å². The molecule has 1 amide bonds. The average Bonchev–Trinajstić information content (AvgIpc) is 3.59. The third-order valence-electron chi connectivity index (χ3n) is 5.40. The number of amides is 1. The Balaban J connectivity index is 1.37. The molecule has 6 nitrogen and oxygen atoms in total. The molecule has 0 aliphatic rings. The van der Waals surface area contributed by atoms with Crippen LogP contribution in [0.3, 0.4) is 0 Å². The maximum Gasteiger partial charge on any atom is 0.261 e. The van der Waals surface area contributed by atoms with Gasteiger partial charge in [-0.15, -0.1) is 11.3 Å². The van der Waals surface area contributed by atoms with E-state index in [4.69, 9.17) is 10.2 Å². The molecule has 0 saturated heterocycles. The molecular weight excluding hydrogens is 420 g/mol. The summed E-state index contributed by atoms with van der Waals surface area (Å²) in [6.45, 7) is 0.379. The van der Waals surface area contributed by atoms with E-state index in [0.717, 1.165) is 38.3 Å². The van der Waals surface area contributed by atoms with Gasteiger partial charge >= 0.3 is 0 Å². The summed E-state index contributed by atoms with van der Waals surface area (Å²) < 4.78 is 5.20. The van der Waals surface area contributed by atoms with Crippen LogP contribution in [0.15, 0.2) is 83.8 Å². The van der Waals surface area contributed by atoms with Gasteiger partial charge in [-0.3, -0.25) is 4.79 Å². The number of benzene rings is 1. The summed E-state index contributed by atoms with van der Waals surface area (Å²) in [5, 5.41) is 4.07. The number of hydrogen-bond acceptors (Lipinski definition) is 5. The third kappa shape index (κ3) is 4.08. The SMILES string of the molecule is NCC(Cc1ccccc1)NC(=O)c1ccc(-c2ccnc3[nH]c(-c4ccoc4)cc23)s1. The Kier molecular flexibility index (Phi) is 5.58. The molecule has 1 unspecified atom stereocenters. The maximum absolute atomic E-state index is 12.9. The molecule has 4 heterocycles. The fourth-order valence-corrected chi connectivity index (χ4v) is 4.72. The summed E-state index contributed by atoms with van der Waals surface area (Å²) in [4.78, 5) is 22.3. The van der Waals surface area contributed by atoms with E-state index in [9.17, 15) is 4.79 Å². The highest BCUT2D eigenvalue weighted by Gasteiger charge is 2.17. The van der Waals surface area contributed by atoms with Crippen LogP contribution >= 0.6 is 11.3 Å². The maximum atomic E-state index is 12.9. The molecule has 0 saturated carbocycles. The van der Waals surface area contributed by atoms with Crippen molar-refractivity contribution < 1.29 is 9.21 Å². The van der Waals surface area contributed by atoms with Gasteiger partial charge in [-0.2, -0.15) is 0 Å². The topological polar surface area (TPSA) is 96.9 Å². The number of furan rings is 1. The van der Waals surface area contributed by atoms with Gasteiger partial charge in [-0.1, -0.05) is 30.3 Å². The van der Waals surface area contributed by atoms with Crippen LogP contribution < -0.4 is 11.1 Å². The number of aromatic nitrogens is 2. The van der Waals surface area contributed by atoms with Crippen LogP contribution in [0.2, 0.25) is 0 Å². The Labute approximate surface area is 189 Å². The summed E-state index contributed by atoms with van der Waals surface area (Å²) in [5.41, 5.74) is 10.8. The Hall–Kier alpha value is -3.68. The van der Waals surface area contributed by atoms with Crippen LogP contribution in [0.4, 0.5) is 0 Å². The molecular formula is C25H22N4O2S. The van der Waals surface area contributed by atoms with E-state index in [-0.39, 0.29) is 11.9 Å². The normalized spacial score (nSPS) is 12.2. The van der Waals surface area contributed by atoms with Crippen molar-refractivity contribution in [2.75, 3.05) is 6.54 Å². The first-order valence-electron chi connectivity index (χ1n) is 10.4. The Morgan fingerprint density at radius 2 is 2.03 bits per heavy atom. The summed E-state index contributed by atoms with van der Waals surface area (Å²) in [5.74, 6) is -0.105. The molecule has 4 aromatic heterocycles. The van der Waals surface area contributed by atoms with Crippen molar-refractivity contribution in [1.82, 2.24) is 15.3 Å². The van der Waals surface area contributed by atoms with E-state index < -0.39 is 0 Å². The predicted molar refractivity (Wildman–Crippen MR) is 128 cm³/mol. The lowest BCUT2D eigenvalue weighted by atomic mass is 10.1. The van der Waals surface area contributed by atoms with E-state index in [1.165, 1.54) is 11.3 Å². The molecule has 5 rings (SSSR count). The number of hydrogen-bond donors (Lipinski definition) is 3. The van der Waals surface area contributed by atoms with Crippen molar-refractivity contribution in [3.63, 3.8) is 0 Å². The van der Waals surface area contributed by atoms with Crippen LogP contribution in [-0.2, 0) is 6.42 Å². The minimum Gasteiger partial charge on any atom is -0.472 e. The molecule has 7 heteroatoms. The van der Waals surface area contributed by atoms with Gasteiger partial charge in [0.05, 0.1) is 23.1 Å². The molecule has 4 N–H and O–H groups in total. The number of thiophene rings is 1. The van der Waals surface area contributed by atoms with E-state index in [1.54, 1.807) is 18.7 Å². The molecule has 0 aliphatic carbocycles. The Bertz CT molecular complexity index is 1340. The second-order valence-electron chi connectivity index (χ2n) is 7.58. The van der Waals surface area contributed by atoms with Gasteiger partial charge in [0.2, 0.25) is 0 Å². The number of H-pyrrole nitrogens is 1. The molecule has 5 aromatic rings. The third-order valence-corrected chi connectivity index (χ3v) is 6.52. The fourth-order valence-electron chi connectivity index (χ4n) is 3.77. The quantitative estimate of drug-likeness (QED) is 0.336. The first kappa shape index (κ1) is 20.2. The lowest BCUT2D eigenvalue weighted by Gasteiger charge is -2.16. The number of fused-ring (bicyclic) bond motifs is 1. The molecule has 1 aromatic carbocycles. The lowest BCUT2D eigenvalue weighted by molar-refractivity contribution is 0.0942. The van der Waals surface area contributed by atoms with Gasteiger partial charge in [-0.05, 0) is 42.3 Å². The largest absolute Gasteiger partial charge is 0.472 e. The van der Waals surface area contributed by atoms with Crippen LogP contribution in [0.1, 0.15) is 15.2 Å². The summed E-state index contributed by atoms with van der Waals surface area (Å²) in [6.07, 6.45) is 5.82. The van der Waals surface area contributed by atoms with Crippen molar-refractivity contribution in [3.05, 3.63) is 89.8 Å². The second-order valence-corrected chi connectivity index (χ2v) is 8.66. The minimum atomic E-state index is -0.120. The first-order valence-corrected chi connectivity index (χ1v) is 11.2. The highest BCUT2D eigenvalue weighted by atomic mass is 32.1. The number of aromatic amines is 1. The Morgan fingerprint density at radius 3 is 2.81 bits per heavy atom. The van der Waals surface area contributed by atoms with Gasteiger partial charge in [0.1, 0.15) is 5.65 Å². The van der Waals surface area contributed by atoms with Crippen molar-refractivity contribution in [1.29, 1.82) is 0 Å². The number of pyridine rings is 1. The van der Waals surface area contributed by atoms with Gasteiger partial charge in [0, 0.05) is 40.2 Å². The average molecular weight is 443 g/mol. The number of nitrogens with two attached hydrogens (primary N) is 1. The van der Waals surface area contributed by atoms with Crippen molar-refractivity contribution in [2.24, 2.45) is 5.73 Å². The number of rotatable bonds is 7. The van der Waals surface area contributed by atoms with Gasteiger partial charge < -0.3 is 20.5 Å². The zero-order chi connectivity index (χ0) is 21.9. The van der Waals surface area contributed by atoms with Gasteiger partial charge in [0.25, 0.3) is 5.91 Å². The molecule has 0 radical (unpaired) electrons. The highest BCUT2D eigenvalue weighted by molar-refractivity contribution is 7.17. The summed E-state index contributed by atoms with van der Waals surface area (Å²) in [7, 11) is 0. The van der Waals surface area contributed by atoms with Gasteiger partial charge in [-0.25, -0.2) is 4.98 Å². The fraction of sp³-hybridized carbons (Fsp3) is 0.120. The van der Waals surface area contributed by atoms with E-state index in [1.807, 2.05) is 54.6 Å². The smallest absolute Gasteiger partial charge is 0.261 e. The number of nitrogens with zero attached hydrogens (tertiary/aromatic N) is 1. The zero-order valence-electron chi connectivity index (χ0n) is 17.2. The summed E-state index contributed by atoms with van der Waals surface area (Å²) >= 11 is 1.46. The van der Waals surface area contributed by atoms with Gasteiger partial charge in [0.15, 0.2) is 0 Å². The van der Waals surface area contributed by atoms with Crippen LogP contribution in [-0.4, -0.2) is 28.5 Å².